The van der Waals surface area contributed by atoms with Crippen LogP contribution in [-0.2, 0) is 23.9 Å². The second-order valence-corrected chi connectivity index (χ2v) is 7.33. The van der Waals surface area contributed by atoms with E-state index < -0.39 is 29.4 Å². The normalized spacial score (nSPS) is 18.0. The summed E-state index contributed by atoms with van der Waals surface area (Å²) in [6.45, 7) is 10.6. The smallest absolute Gasteiger partial charge is 0.328 e. The fourth-order valence-corrected chi connectivity index (χ4v) is 2.49. The van der Waals surface area contributed by atoms with Crippen molar-refractivity contribution in [2.75, 3.05) is 19.7 Å². The summed E-state index contributed by atoms with van der Waals surface area (Å²) in [6, 6.07) is -1.47. The number of carbonyl (C=O) groups excluding carboxylic acids is 4. The highest BCUT2D eigenvalue weighted by atomic mass is 16.5. The number of esters is 1. The van der Waals surface area contributed by atoms with Crippen molar-refractivity contribution in [3.63, 3.8) is 0 Å². The van der Waals surface area contributed by atoms with Gasteiger partial charge in [0.25, 0.3) is 0 Å². The van der Waals surface area contributed by atoms with Crippen LogP contribution in [0.15, 0.2) is 12.7 Å². The summed E-state index contributed by atoms with van der Waals surface area (Å²) >= 11 is 0. The minimum atomic E-state index is -0.819. The molecule has 8 nitrogen and oxygen atoms in total. The zero-order chi connectivity index (χ0) is 19.9. The Morgan fingerprint density at radius 2 is 1.96 bits per heavy atom. The van der Waals surface area contributed by atoms with E-state index in [2.05, 4.69) is 17.2 Å². The number of likely N-dealkylation sites (tertiary alicyclic amines) is 1. The molecule has 0 saturated carbocycles. The maximum absolute atomic E-state index is 12.4. The quantitative estimate of drug-likeness (QED) is 0.500. The molecule has 0 aromatic carbocycles. The molecule has 0 radical (unpaired) electrons. The van der Waals surface area contributed by atoms with Gasteiger partial charge in [0.05, 0.1) is 6.54 Å². The molecule has 146 valence electrons. The third-order valence-corrected chi connectivity index (χ3v) is 4.01. The number of carbonyl (C=O) groups is 4. The molecule has 0 aromatic rings. The molecule has 0 bridgehead atoms. The van der Waals surface area contributed by atoms with Gasteiger partial charge < -0.3 is 20.3 Å². The SMILES string of the molecule is C=CCOC(=O)[C@H](C)NC(=O)[C@@H]1CCCN1C(=O)CNC(=O)C(C)(C)C. The van der Waals surface area contributed by atoms with Crippen LogP contribution in [0.5, 0.6) is 0 Å². The summed E-state index contributed by atoms with van der Waals surface area (Å²) in [6.07, 6.45) is 2.64. The summed E-state index contributed by atoms with van der Waals surface area (Å²) in [7, 11) is 0. The topological polar surface area (TPSA) is 105 Å². The monoisotopic (exact) mass is 367 g/mol. The predicted octanol–water partition coefficient (Wildman–Crippen LogP) is 0.374. The van der Waals surface area contributed by atoms with Gasteiger partial charge in [-0.3, -0.25) is 14.4 Å². The molecule has 1 aliphatic heterocycles. The molecule has 0 aliphatic carbocycles. The summed E-state index contributed by atoms with van der Waals surface area (Å²) < 4.78 is 4.89. The van der Waals surface area contributed by atoms with Gasteiger partial charge in [0.1, 0.15) is 18.7 Å². The number of rotatable bonds is 7. The molecule has 0 unspecified atom stereocenters. The van der Waals surface area contributed by atoms with Crippen molar-refractivity contribution < 1.29 is 23.9 Å². The van der Waals surface area contributed by atoms with Crippen molar-refractivity contribution in [1.82, 2.24) is 15.5 Å². The first kappa shape index (κ1) is 21.7. The van der Waals surface area contributed by atoms with Gasteiger partial charge in [0.2, 0.25) is 17.7 Å². The summed E-state index contributed by atoms with van der Waals surface area (Å²) in [5.74, 6) is -1.51. The second kappa shape index (κ2) is 9.35. The van der Waals surface area contributed by atoms with Crippen molar-refractivity contribution in [3.8, 4) is 0 Å². The highest BCUT2D eigenvalue weighted by Gasteiger charge is 2.35. The van der Waals surface area contributed by atoms with E-state index in [-0.39, 0.29) is 25.0 Å². The fraction of sp³-hybridized carbons (Fsp3) is 0.667. The highest BCUT2D eigenvalue weighted by Crippen LogP contribution is 2.18. The van der Waals surface area contributed by atoms with E-state index in [4.69, 9.17) is 4.74 Å². The highest BCUT2D eigenvalue weighted by molar-refractivity contribution is 5.93. The zero-order valence-electron chi connectivity index (χ0n) is 16.0. The molecule has 8 heteroatoms. The van der Waals surface area contributed by atoms with Gasteiger partial charge in [-0.1, -0.05) is 33.4 Å². The maximum Gasteiger partial charge on any atom is 0.328 e. The van der Waals surface area contributed by atoms with E-state index >= 15 is 0 Å². The average molecular weight is 367 g/mol. The number of hydrogen-bond acceptors (Lipinski definition) is 5. The Labute approximate surface area is 154 Å². The van der Waals surface area contributed by atoms with Crippen molar-refractivity contribution in [2.45, 2.75) is 52.6 Å². The summed E-state index contributed by atoms with van der Waals surface area (Å²) in [4.78, 5) is 49.9. The molecular formula is C18H29N3O5. The molecule has 0 aromatic heterocycles. The zero-order valence-corrected chi connectivity index (χ0v) is 16.0. The Hall–Kier alpha value is -2.38. The van der Waals surface area contributed by atoms with E-state index in [0.717, 1.165) is 0 Å². The molecule has 3 amide bonds. The van der Waals surface area contributed by atoms with E-state index in [1.54, 1.807) is 20.8 Å². The summed E-state index contributed by atoms with van der Waals surface area (Å²) in [5, 5.41) is 5.17. The van der Waals surface area contributed by atoms with E-state index in [1.807, 2.05) is 0 Å². The number of nitrogens with one attached hydrogen (secondary N) is 2. The Balaban J connectivity index is 2.59. The van der Waals surface area contributed by atoms with E-state index in [9.17, 15) is 19.2 Å². The Morgan fingerprint density at radius 3 is 2.54 bits per heavy atom. The van der Waals surface area contributed by atoms with Gasteiger partial charge in [-0.15, -0.1) is 0 Å². The molecule has 2 atom stereocenters. The Kier molecular flexibility index (Phi) is 7.79. The molecule has 1 fully saturated rings. The minimum absolute atomic E-state index is 0.0700. The Morgan fingerprint density at radius 1 is 1.31 bits per heavy atom. The van der Waals surface area contributed by atoms with Crippen LogP contribution in [0.3, 0.4) is 0 Å². The molecule has 1 saturated heterocycles. The van der Waals surface area contributed by atoms with Gasteiger partial charge in [-0.2, -0.15) is 0 Å². The molecular weight excluding hydrogens is 338 g/mol. The van der Waals surface area contributed by atoms with Crippen LogP contribution in [0.2, 0.25) is 0 Å². The standard InChI is InChI=1S/C18H29N3O5/c1-6-10-26-16(24)12(2)20-15(23)13-8-7-9-21(13)14(22)11-19-17(25)18(3,4)5/h6,12-13H,1,7-11H2,2-5H3,(H,19,25)(H,20,23)/t12-,13-/m0/s1. The lowest BCUT2D eigenvalue weighted by Gasteiger charge is -2.26. The van der Waals surface area contributed by atoms with Crippen LogP contribution >= 0.6 is 0 Å². The fourth-order valence-electron chi connectivity index (χ4n) is 2.49. The molecule has 1 heterocycles. The Bertz CT molecular complexity index is 568. The first-order valence-electron chi connectivity index (χ1n) is 8.73. The van der Waals surface area contributed by atoms with Crippen molar-refractivity contribution in [2.24, 2.45) is 5.41 Å². The van der Waals surface area contributed by atoms with Crippen LogP contribution in [0.25, 0.3) is 0 Å². The van der Waals surface area contributed by atoms with Crippen LogP contribution in [0.1, 0.15) is 40.5 Å². The molecule has 1 rings (SSSR count). The third-order valence-electron chi connectivity index (χ3n) is 4.01. The number of ether oxygens (including phenoxy) is 1. The average Bonchev–Trinajstić information content (AvgIpc) is 3.05. The van der Waals surface area contributed by atoms with E-state index in [1.165, 1.54) is 17.9 Å². The maximum atomic E-state index is 12.4. The van der Waals surface area contributed by atoms with Crippen LogP contribution in [0, 0.1) is 5.41 Å². The lowest BCUT2D eigenvalue weighted by Crippen LogP contribution is -2.52. The van der Waals surface area contributed by atoms with Crippen molar-refractivity contribution in [1.29, 1.82) is 0 Å². The molecule has 2 N–H and O–H groups in total. The molecule has 0 spiro atoms. The summed E-state index contributed by atoms with van der Waals surface area (Å²) in [5.41, 5.74) is -0.594. The predicted molar refractivity (Wildman–Crippen MR) is 96.0 cm³/mol. The lowest BCUT2D eigenvalue weighted by atomic mass is 9.96. The van der Waals surface area contributed by atoms with E-state index in [0.29, 0.717) is 19.4 Å². The number of amides is 3. The van der Waals surface area contributed by atoms with Crippen LogP contribution in [0.4, 0.5) is 0 Å². The lowest BCUT2D eigenvalue weighted by molar-refractivity contribution is -0.147. The van der Waals surface area contributed by atoms with Gasteiger partial charge in [-0.25, -0.2) is 4.79 Å². The minimum Gasteiger partial charge on any atom is -0.460 e. The van der Waals surface area contributed by atoms with Crippen molar-refractivity contribution >= 4 is 23.7 Å². The third kappa shape index (κ3) is 6.16. The molecule has 26 heavy (non-hydrogen) atoms. The number of nitrogens with zero attached hydrogens (tertiary/aromatic N) is 1. The van der Waals surface area contributed by atoms with Gasteiger partial charge in [-0.05, 0) is 19.8 Å². The first-order chi connectivity index (χ1) is 12.1. The molecule has 1 aliphatic rings. The second-order valence-electron chi connectivity index (χ2n) is 7.33. The van der Waals surface area contributed by atoms with Gasteiger partial charge >= 0.3 is 5.97 Å². The van der Waals surface area contributed by atoms with Gasteiger partial charge in [0, 0.05) is 12.0 Å². The van der Waals surface area contributed by atoms with Gasteiger partial charge in [0.15, 0.2) is 0 Å². The van der Waals surface area contributed by atoms with Crippen LogP contribution < -0.4 is 10.6 Å². The first-order valence-corrected chi connectivity index (χ1v) is 8.73. The largest absolute Gasteiger partial charge is 0.460 e. The number of hydrogen-bond donors (Lipinski definition) is 2. The van der Waals surface area contributed by atoms with Crippen LogP contribution in [-0.4, -0.2) is 60.4 Å². The van der Waals surface area contributed by atoms with Crippen molar-refractivity contribution in [3.05, 3.63) is 12.7 Å².